The number of aryl methyl sites for hydroxylation is 1. The van der Waals surface area contributed by atoms with Crippen LogP contribution in [0.1, 0.15) is 58.7 Å². The van der Waals surface area contributed by atoms with Gasteiger partial charge in [0, 0.05) is 48.1 Å². The van der Waals surface area contributed by atoms with Gasteiger partial charge in [0.25, 0.3) is 11.5 Å². The van der Waals surface area contributed by atoms with Crippen molar-refractivity contribution in [2.75, 3.05) is 19.6 Å². The van der Waals surface area contributed by atoms with E-state index >= 15 is 0 Å². The van der Waals surface area contributed by atoms with Crippen LogP contribution in [0.15, 0.2) is 90.2 Å². The van der Waals surface area contributed by atoms with Crippen molar-refractivity contribution >= 4 is 22.3 Å². The number of likely N-dealkylation sites (tertiary alicyclic amines) is 1. The van der Waals surface area contributed by atoms with E-state index in [-0.39, 0.29) is 11.5 Å². The highest BCUT2D eigenvalue weighted by Crippen LogP contribution is 2.24. The fourth-order valence-corrected chi connectivity index (χ4v) is 6.36. The van der Waals surface area contributed by atoms with E-state index in [1.165, 1.54) is 0 Å². The predicted molar refractivity (Wildman–Crippen MR) is 185 cm³/mol. The number of amides is 1. The second-order valence-electron chi connectivity index (χ2n) is 12.3. The maximum Gasteiger partial charge on any atom is 0.264 e. The molecule has 0 aliphatic carbocycles. The zero-order valence-corrected chi connectivity index (χ0v) is 27.0. The van der Waals surface area contributed by atoms with Gasteiger partial charge in [-0.1, -0.05) is 42.2 Å². The molecule has 5 heterocycles. The molecule has 1 saturated heterocycles. The van der Waals surface area contributed by atoms with E-state index in [1.54, 1.807) is 40.7 Å². The van der Waals surface area contributed by atoms with Crippen molar-refractivity contribution in [1.82, 2.24) is 39.2 Å². The zero-order chi connectivity index (χ0) is 33.2. The summed E-state index contributed by atoms with van der Waals surface area (Å²) in [5, 5.41) is 13.3. The molecule has 7 rings (SSSR count). The highest BCUT2D eigenvalue weighted by atomic mass is 16.2. The number of nitrogens with two attached hydrogens (primary N) is 1. The van der Waals surface area contributed by atoms with Crippen LogP contribution in [0.3, 0.4) is 0 Å². The van der Waals surface area contributed by atoms with Gasteiger partial charge >= 0.3 is 0 Å². The van der Waals surface area contributed by atoms with E-state index in [1.807, 2.05) is 72.4 Å². The molecule has 11 heteroatoms. The summed E-state index contributed by atoms with van der Waals surface area (Å²) < 4.78 is 5.16. The molecular weight excluding hydrogens is 602 g/mol. The summed E-state index contributed by atoms with van der Waals surface area (Å²) in [7, 11) is 0. The standard InChI is InChI=1S/C37H37N9O2/c1-25(41-36(47)33-26(2)42-45-17-7-16-39-35(33)45)32-22-29-9-6-8-28(34(29)37(48)46(32)31-10-4-3-5-11-31)13-12-27-23-40-44(24-27)21-20-43-18-14-30(38)15-19-43/h3-11,16-17,22-25,30H,14-15,18-21,38H2,1-2H3,(H,41,47). The first kappa shape index (κ1) is 31.1. The molecular formula is C37H37N9O2. The lowest BCUT2D eigenvalue weighted by Crippen LogP contribution is -2.40. The number of fused-ring (bicyclic) bond motifs is 2. The number of hydrogen-bond donors (Lipinski definition) is 2. The predicted octanol–water partition coefficient (Wildman–Crippen LogP) is 3.85. The van der Waals surface area contributed by atoms with Crippen LogP contribution in [-0.2, 0) is 6.54 Å². The minimum absolute atomic E-state index is 0.217. The number of carbonyl (C=O) groups excluding carboxylic acids is 1. The molecule has 0 saturated carbocycles. The second-order valence-corrected chi connectivity index (χ2v) is 12.3. The number of hydrogen-bond acceptors (Lipinski definition) is 7. The normalized spacial score (nSPS) is 14.6. The summed E-state index contributed by atoms with van der Waals surface area (Å²) in [6.07, 6.45) is 9.15. The first-order valence-electron chi connectivity index (χ1n) is 16.2. The highest BCUT2D eigenvalue weighted by Gasteiger charge is 2.23. The summed E-state index contributed by atoms with van der Waals surface area (Å²) in [5.41, 5.74) is 9.99. The Morgan fingerprint density at radius 3 is 2.69 bits per heavy atom. The minimum atomic E-state index is -0.532. The van der Waals surface area contributed by atoms with Crippen LogP contribution in [0.2, 0.25) is 0 Å². The summed E-state index contributed by atoms with van der Waals surface area (Å²) in [6, 6.07) is 18.6. The summed E-state index contributed by atoms with van der Waals surface area (Å²) in [6.45, 7) is 7.38. The molecule has 1 unspecified atom stereocenters. The molecule has 1 aliphatic heterocycles. The Morgan fingerprint density at radius 2 is 1.88 bits per heavy atom. The van der Waals surface area contributed by atoms with Gasteiger partial charge in [-0.15, -0.1) is 0 Å². The minimum Gasteiger partial charge on any atom is -0.344 e. The number of rotatable bonds is 7. The maximum atomic E-state index is 14.4. The number of carbonyl (C=O) groups is 1. The lowest BCUT2D eigenvalue weighted by molar-refractivity contribution is 0.0939. The molecule has 11 nitrogen and oxygen atoms in total. The largest absolute Gasteiger partial charge is 0.344 e. The molecule has 1 atom stereocenters. The van der Waals surface area contributed by atoms with E-state index in [9.17, 15) is 9.59 Å². The lowest BCUT2D eigenvalue weighted by Gasteiger charge is -2.29. The second kappa shape index (κ2) is 13.3. The SMILES string of the molecule is Cc1nn2cccnc2c1C(=O)NC(C)c1cc2cccc(C#Cc3cnn(CCN4CCC(N)CC4)c3)c2c(=O)n1-c1ccccc1. The molecule has 6 aromatic rings. The third kappa shape index (κ3) is 6.23. The van der Waals surface area contributed by atoms with Crippen molar-refractivity contribution in [3.63, 3.8) is 0 Å². The van der Waals surface area contributed by atoms with Crippen molar-refractivity contribution in [1.29, 1.82) is 0 Å². The third-order valence-corrected chi connectivity index (χ3v) is 8.93. The molecule has 1 fully saturated rings. The lowest BCUT2D eigenvalue weighted by atomic mass is 10.0. The maximum absolute atomic E-state index is 14.4. The van der Waals surface area contributed by atoms with Gasteiger partial charge in [0.1, 0.15) is 5.56 Å². The summed E-state index contributed by atoms with van der Waals surface area (Å²) in [4.78, 5) is 34.8. The van der Waals surface area contributed by atoms with E-state index in [2.05, 4.69) is 37.2 Å². The van der Waals surface area contributed by atoms with Gasteiger partial charge in [0.15, 0.2) is 5.65 Å². The number of piperidine rings is 1. The van der Waals surface area contributed by atoms with E-state index in [4.69, 9.17) is 5.73 Å². The van der Waals surface area contributed by atoms with E-state index in [0.717, 1.165) is 50.0 Å². The smallest absolute Gasteiger partial charge is 0.264 e. The van der Waals surface area contributed by atoms with Crippen LogP contribution >= 0.6 is 0 Å². The first-order chi connectivity index (χ1) is 23.4. The fraction of sp³-hybridized carbons (Fsp3) is 0.270. The van der Waals surface area contributed by atoms with Crippen molar-refractivity contribution in [3.05, 3.63) is 124 Å². The number of pyridine rings is 1. The molecule has 3 N–H and O–H groups in total. The van der Waals surface area contributed by atoms with Gasteiger partial charge in [-0.25, -0.2) is 9.50 Å². The van der Waals surface area contributed by atoms with Gasteiger partial charge in [-0.2, -0.15) is 10.2 Å². The average molecular weight is 640 g/mol. The number of para-hydroxylation sites is 1. The Kier molecular flexibility index (Phi) is 8.59. The fourth-order valence-electron chi connectivity index (χ4n) is 6.36. The van der Waals surface area contributed by atoms with Gasteiger partial charge in [0.05, 0.1) is 35.4 Å². The first-order valence-corrected chi connectivity index (χ1v) is 16.2. The summed E-state index contributed by atoms with van der Waals surface area (Å²) >= 11 is 0. The molecule has 0 radical (unpaired) electrons. The van der Waals surface area contributed by atoms with E-state index in [0.29, 0.717) is 45.3 Å². The van der Waals surface area contributed by atoms with Gasteiger partial charge in [0.2, 0.25) is 0 Å². The van der Waals surface area contributed by atoms with Crippen molar-refractivity contribution in [2.45, 2.75) is 45.3 Å². The molecule has 1 aliphatic rings. The zero-order valence-electron chi connectivity index (χ0n) is 27.0. The Morgan fingerprint density at radius 1 is 1.06 bits per heavy atom. The average Bonchev–Trinajstić information content (AvgIpc) is 3.70. The van der Waals surface area contributed by atoms with Crippen LogP contribution in [0.5, 0.6) is 0 Å². The molecule has 2 aromatic carbocycles. The number of benzene rings is 2. The number of aromatic nitrogens is 6. The number of nitrogens with one attached hydrogen (secondary N) is 1. The molecule has 0 spiro atoms. The van der Waals surface area contributed by atoms with E-state index < -0.39 is 6.04 Å². The van der Waals surface area contributed by atoms with Crippen molar-refractivity contribution in [3.8, 4) is 17.5 Å². The third-order valence-electron chi connectivity index (χ3n) is 8.93. The van der Waals surface area contributed by atoms with Gasteiger partial charge in [-0.05, 0) is 75.5 Å². The molecule has 48 heavy (non-hydrogen) atoms. The highest BCUT2D eigenvalue weighted by molar-refractivity contribution is 6.01. The van der Waals surface area contributed by atoms with Crippen molar-refractivity contribution < 1.29 is 4.79 Å². The Balaban J connectivity index is 1.20. The molecule has 4 aromatic heterocycles. The number of nitrogens with zero attached hydrogens (tertiary/aromatic N) is 7. The van der Waals surface area contributed by atoms with Gasteiger partial charge < -0.3 is 16.0 Å². The summed E-state index contributed by atoms with van der Waals surface area (Å²) in [5.74, 6) is 6.14. The molecule has 0 bridgehead atoms. The molecule has 242 valence electrons. The van der Waals surface area contributed by atoms with Crippen LogP contribution in [0.25, 0.3) is 22.1 Å². The topological polar surface area (TPSA) is 128 Å². The monoisotopic (exact) mass is 639 g/mol. The molecule has 1 amide bonds. The Labute approximate surface area is 278 Å². The van der Waals surface area contributed by atoms with Crippen molar-refractivity contribution in [2.24, 2.45) is 5.73 Å². The quantitative estimate of drug-likeness (QED) is 0.254. The van der Waals surface area contributed by atoms with Crippen LogP contribution in [0, 0.1) is 18.8 Å². The Bertz CT molecular complexity index is 2230. The Hall–Kier alpha value is -5.57. The van der Waals surface area contributed by atoms with Crippen LogP contribution < -0.4 is 16.6 Å². The van der Waals surface area contributed by atoms with Crippen LogP contribution in [-0.4, -0.2) is 65.4 Å². The van der Waals surface area contributed by atoms with Crippen LogP contribution in [0.4, 0.5) is 0 Å². The van der Waals surface area contributed by atoms with Gasteiger partial charge in [-0.3, -0.25) is 18.8 Å².